The summed E-state index contributed by atoms with van der Waals surface area (Å²) in [4.78, 5) is 41.4. The maximum Gasteiger partial charge on any atom is 0.324 e. The summed E-state index contributed by atoms with van der Waals surface area (Å²) in [5.41, 5.74) is -0.154. The van der Waals surface area contributed by atoms with E-state index in [2.05, 4.69) is 0 Å². The molecule has 2 saturated heterocycles. The predicted molar refractivity (Wildman–Crippen MR) is 115 cm³/mol. The van der Waals surface area contributed by atoms with Crippen molar-refractivity contribution in [1.82, 2.24) is 4.90 Å². The van der Waals surface area contributed by atoms with Crippen LogP contribution < -0.4 is 0 Å². The van der Waals surface area contributed by atoms with Gasteiger partial charge in [0.15, 0.2) is 0 Å². The molecule has 0 aliphatic carbocycles. The van der Waals surface area contributed by atoms with Crippen LogP contribution in [0.3, 0.4) is 0 Å². The summed E-state index contributed by atoms with van der Waals surface area (Å²) in [5.74, 6) is -3.86. The minimum atomic E-state index is -1.09. The first-order chi connectivity index (χ1) is 15.3. The van der Waals surface area contributed by atoms with Gasteiger partial charge >= 0.3 is 17.9 Å². The molecule has 5 atom stereocenters. The van der Waals surface area contributed by atoms with Crippen LogP contribution in [0.1, 0.15) is 25.0 Å². The first-order valence-electron chi connectivity index (χ1n) is 10.5. The van der Waals surface area contributed by atoms with E-state index in [-0.39, 0.29) is 6.61 Å². The second kappa shape index (κ2) is 8.06. The lowest BCUT2D eigenvalue weighted by molar-refractivity contribution is -0.182. The van der Waals surface area contributed by atoms with Gasteiger partial charge in [0, 0.05) is 0 Å². The van der Waals surface area contributed by atoms with Crippen molar-refractivity contribution >= 4 is 17.9 Å². The number of hydrogen-bond acceptors (Lipinski definition) is 7. The summed E-state index contributed by atoms with van der Waals surface area (Å²) >= 11 is 0. The Hall–Kier alpha value is -3.19. The van der Waals surface area contributed by atoms with Crippen molar-refractivity contribution in [1.29, 1.82) is 0 Å². The number of rotatable bonds is 4. The van der Waals surface area contributed by atoms with Crippen molar-refractivity contribution < 1.29 is 28.6 Å². The van der Waals surface area contributed by atoms with E-state index in [1.54, 1.807) is 0 Å². The van der Waals surface area contributed by atoms with E-state index in [0.29, 0.717) is 0 Å². The van der Waals surface area contributed by atoms with E-state index in [1.165, 1.54) is 14.2 Å². The van der Waals surface area contributed by atoms with Crippen molar-refractivity contribution in [2.75, 3.05) is 20.8 Å². The van der Waals surface area contributed by atoms with Crippen molar-refractivity contribution in [3.63, 3.8) is 0 Å². The van der Waals surface area contributed by atoms with Crippen molar-refractivity contribution in [2.45, 2.75) is 31.0 Å². The summed E-state index contributed by atoms with van der Waals surface area (Å²) in [6, 6.07) is 18.1. The van der Waals surface area contributed by atoms with Crippen LogP contribution in [0.2, 0.25) is 0 Å². The molecule has 2 heterocycles. The summed E-state index contributed by atoms with van der Waals surface area (Å²) in [6.45, 7) is 3.94. The standard InChI is InChI=1S/C25H27NO6/c1-24(16-11-7-5-8-12-16)15-32-23(29)20-18(21(27)30-3)19(22(28)31-4)25(2,26(20)24)17-13-9-6-10-14-17/h5-14,18-20H,15H2,1-4H3/t18-,19-,20?,24-,25-/m1/s1. The second-order valence-electron chi connectivity index (χ2n) is 8.63. The highest BCUT2D eigenvalue weighted by atomic mass is 16.5. The van der Waals surface area contributed by atoms with Crippen LogP contribution in [0.5, 0.6) is 0 Å². The number of fused-ring (bicyclic) bond motifs is 1. The van der Waals surface area contributed by atoms with Crippen LogP contribution in [-0.4, -0.2) is 49.7 Å². The predicted octanol–water partition coefficient (Wildman–Crippen LogP) is 2.64. The highest BCUT2D eigenvalue weighted by Crippen LogP contribution is 2.57. The van der Waals surface area contributed by atoms with Gasteiger partial charge in [-0.1, -0.05) is 60.7 Å². The number of esters is 3. The second-order valence-corrected chi connectivity index (χ2v) is 8.63. The number of ether oxygens (including phenoxy) is 3. The molecule has 7 heteroatoms. The molecule has 2 fully saturated rings. The SMILES string of the molecule is COC(=O)[C@H]1C2C(=O)OC[C@](C)(c3ccccc3)N2[C@](C)(c2ccccc2)[C@H]1C(=O)OC. The lowest BCUT2D eigenvalue weighted by Crippen LogP contribution is -2.64. The third-order valence-electron chi connectivity index (χ3n) is 7.03. The molecule has 4 rings (SSSR count). The molecule has 2 aliphatic rings. The summed E-state index contributed by atoms with van der Waals surface area (Å²) in [6.07, 6.45) is 0. The number of hydrogen-bond donors (Lipinski definition) is 0. The monoisotopic (exact) mass is 437 g/mol. The van der Waals surface area contributed by atoms with Crippen molar-refractivity contribution in [3.05, 3.63) is 71.8 Å². The van der Waals surface area contributed by atoms with Crippen LogP contribution in [-0.2, 0) is 39.7 Å². The van der Waals surface area contributed by atoms with E-state index < -0.39 is 46.9 Å². The molecule has 1 unspecified atom stereocenters. The minimum absolute atomic E-state index is 0.0799. The number of carbonyl (C=O) groups is 3. The fraction of sp³-hybridized carbons (Fsp3) is 0.400. The molecule has 0 spiro atoms. The zero-order valence-electron chi connectivity index (χ0n) is 18.6. The molecule has 2 aromatic rings. The third-order valence-corrected chi connectivity index (χ3v) is 7.03. The maximum atomic E-state index is 13.2. The zero-order chi connectivity index (χ0) is 23.1. The van der Waals surface area contributed by atoms with Crippen molar-refractivity contribution in [2.24, 2.45) is 11.8 Å². The van der Waals surface area contributed by atoms with Gasteiger partial charge in [-0.15, -0.1) is 0 Å². The fourth-order valence-electron chi connectivity index (χ4n) is 5.59. The van der Waals surface area contributed by atoms with Gasteiger partial charge in [0.2, 0.25) is 0 Å². The fourth-order valence-corrected chi connectivity index (χ4v) is 5.59. The topological polar surface area (TPSA) is 82.1 Å². The van der Waals surface area contributed by atoms with Gasteiger partial charge in [0.1, 0.15) is 12.6 Å². The molecule has 7 nitrogen and oxygen atoms in total. The van der Waals surface area contributed by atoms with E-state index >= 15 is 0 Å². The smallest absolute Gasteiger partial charge is 0.324 e. The Morgan fingerprint density at radius 3 is 1.97 bits per heavy atom. The van der Waals surface area contributed by atoms with Crippen molar-refractivity contribution in [3.8, 4) is 0 Å². The Balaban J connectivity index is 2.04. The molecule has 168 valence electrons. The average Bonchev–Trinajstić information content (AvgIpc) is 3.13. The Morgan fingerprint density at radius 2 is 1.44 bits per heavy atom. The molecule has 0 aromatic heterocycles. The van der Waals surface area contributed by atoms with Crippen LogP contribution in [0.25, 0.3) is 0 Å². The van der Waals surface area contributed by atoms with E-state index in [0.717, 1.165) is 11.1 Å². The number of methoxy groups -OCH3 is 2. The van der Waals surface area contributed by atoms with E-state index in [9.17, 15) is 14.4 Å². The largest absolute Gasteiger partial charge is 0.469 e. The molecule has 0 bridgehead atoms. The number of nitrogens with zero attached hydrogens (tertiary/aromatic N) is 1. The number of benzene rings is 2. The summed E-state index contributed by atoms with van der Waals surface area (Å²) in [7, 11) is 2.54. The molecular weight excluding hydrogens is 410 g/mol. The normalized spacial score (nSPS) is 32.0. The molecule has 32 heavy (non-hydrogen) atoms. The number of cyclic esters (lactones) is 1. The molecule has 2 aromatic carbocycles. The Morgan fingerprint density at radius 1 is 0.906 bits per heavy atom. The molecule has 0 radical (unpaired) electrons. The van der Waals surface area contributed by atoms with Gasteiger partial charge in [0.05, 0.1) is 37.1 Å². The Labute approximate surface area is 187 Å². The van der Waals surface area contributed by atoms with Gasteiger partial charge in [-0.3, -0.25) is 19.3 Å². The van der Waals surface area contributed by atoms with Gasteiger partial charge < -0.3 is 14.2 Å². The first-order valence-corrected chi connectivity index (χ1v) is 10.5. The Bertz CT molecular complexity index is 1030. The lowest BCUT2D eigenvalue weighted by atomic mass is 9.74. The number of morpholine rings is 1. The van der Waals surface area contributed by atoms with Crippen LogP contribution in [0, 0.1) is 11.8 Å². The first kappa shape index (κ1) is 22.0. The summed E-state index contributed by atoms with van der Waals surface area (Å²) in [5, 5.41) is 0. The maximum absolute atomic E-state index is 13.2. The molecular formula is C25H27NO6. The van der Waals surface area contributed by atoms with Crippen LogP contribution in [0.4, 0.5) is 0 Å². The quantitative estimate of drug-likeness (QED) is 0.537. The molecule has 0 amide bonds. The highest BCUT2D eigenvalue weighted by molar-refractivity contribution is 5.92. The lowest BCUT2D eigenvalue weighted by Gasteiger charge is -2.53. The van der Waals surface area contributed by atoms with Crippen LogP contribution in [0.15, 0.2) is 60.7 Å². The van der Waals surface area contributed by atoms with E-state index in [1.807, 2.05) is 79.4 Å². The number of carbonyl (C=O) groups excluding carboxylic acids is 3. The average molecular weight is 437 g/mol. The molecule has 0 N–H and O–H groups in total. The van der Waals surface area contributed by atoms with Gasteiger partial charge in [0.25, 0.3) is 0 Å². The minimum Gasteiger partial charge on any atom is -0.469 e. The van der Waals surface area contributed by atoms with Gasteiger partial charge in [-0.25, -0.2) is 0 Å². The van der Waals surface area contributed by atoms with Crippen LogP contribution >= 0.6 is 0 Å². The third kappa shape index (κ3) is 3.03. The highest BCUT2D eigenvalue weighted by Gasteiger charge is 2.70. The van der Waals surface area contributed by atoms with E-state index in [4.69, 9.17) is 14.2 Å². The molecule has 2 aliphatic heterocycles. The van der Waals surface area contributed by atoms with Gasteiger partial charge in [-0.05, 0) is 25.0 Å². The molecule has 0 saturated carbocycles. The summed E-state index contributed by atoms with van der Waals surface area (Å²) < 4.78 is 15.9. The zero-order valence-corrected chi connectivity index (χ0v) is 18.6. The Kier molecular flexibility index (Phi) is 5.54. The van der Waals surface area contributed by atoms with Gasteiger partial charge in [-0.2, -0.15) is 0 Å².